The fraction of sp³-hybridized carbons (Fsp3) is 0.667. The number of hydrogen-bond acceptors (Lipinski definition) is 5. The van der Waals surface area contributed by atoms with Crippen molar-refractivity contribution in [2.45, 2.75) is 64.3 Å². The van der Waals surface area contributed by atoms with E-state index in [4.69, 9.17) is 15.2 Å². The first kappa shape index (κ1) is 22.8. The van der Waals surface area contributed by atoms with Gasteiger partial charge in [-0.3, -0.25) is 9.17 Å². The minimum Gasteiger partial charge on any atom is -0.413 e. The number of aromatic nitrogens is 1. The Morgan fingerprint density at radius 2 is 1.65 bits per heavy atom. The van der Waals surface area contributed by atoms with Gasteiger partial charge in [0.05, 0.1) is 25.1 Å². The normalized spacial score (nSPS) is 14.0. The van der Waals surface area contributed by atoms with Gasteiger partial charge in [0.1, 0.15) is 6.10 Å². The summed E-state index contributed by atoms with van der Waals surface area (Å²) in [6, 6.07) is 3.22. The predicted molar refractivity (Wildman–Crippen MR) is 106 cm³/mol. The largest absolute Gasteiger partial charge is 0.413 e. The maximum atomic E-state index is 11.7. The summed E-state index contributed by atoms with van der Waals surface area (Å²) >= 11 is 0. The molecule has 0 spiro atoms. The third kappa shape index (κ3) is 5.61. The van der Waals surface area contributed by atoms with Gasteiger partial charge < -0.3 is 4.43 Å². The third-order valence-corrected chi connectivity index (χ3v) is 11.4. The van der Waals surface area contributed by atoms with E-state index in [1.165, 1.54) is 6.20 Å². The summed E-state index contributed by atoms with van der Waals surface area (Å²) in [5, 5.41) is 0. The molecule has 26 heavy (non-hydrogen) atoms. The molecular weight excluding hydrogens is 368 g/mol. The highest BCUT2D eigenvalue weighted by molar-refractivity contribution is 7.86. The molecule has 0 bridgehead atoms. The molecular formula is C18H30N2O4SSi. The van der Waals surface area contributed by atoms with Crippen molar-refractivity contribution in [3.8, 4) is 0 Å². The average Bonchev–Trinajstić information content (AvgIpc) is 2.52. The second kappa shape index (κ2) is 9.09. The van der Waals surface area contributed by atoms with Crippen LogP contribution in [-0.4, -0.2) is 34.6 Å². The molecule has 0 unspecified atom stereocenters. The molecule has 0 N–H and O–H groups in total. The monoisotopic (exact) mass is 398 g/mol. The van der Waals surface area contributed by atoms with Crippen LogP contribution in [0.2, 0.25) is 16.6 Å². The SMILES string of the molecule is [C-]#[N+]c1ccc([C@H](CO[Si](C(C)C)(C(C)C)C(C)C)OS(C)(=O)=O)nc1. The smallest absolute Gasteiger partial charge is 0.265 e. The van der Waals surface area contributed by atoms with Crippen molar-refractivity contribution in [2.24, 2.45) is 0 Å². The molecule has 1 rings (SSSR count). The first-order valence-corrected chi connectivity index (χ1v) is 12.7. The lowest BCUT2D eigenvalue weighted by Gasteiger charge is -2.42. The van der Waals surface area contributed by atoms with E-state index in [1.54, 1.807) is 12.1 Å². The second-order valence-corrected chi connectivity index (χ2v) is 14.5. The zero-order valence-corrected chi connectivity index (χ0v) is 18.5. The Morgan fingerprint density at radius 1 is 1.12 bits per heavy atom. The van der Waals surface area contributed by atoms with Crippen molar-refractivity contribution < 1.29 is 17.0 Å². The van der Waals surface area contributed by atoms with Gasteiger partial charge in [0.15, 0.2) is 8.32 Å². The summed E-state index contributed by atoms with van der Waals surface area (Å²) in [6.45, 7) is 20.1. The van der Waals surface area contributed by atoms with Crippen molar-refractivity contribution in [3.63, 3.8) is 0 Å². The molecule has 1 heterocycles. The van der Waals surface area contributed by atoms with E-state index in [-0.39, 0.29) is 6.61 Å². The molecule has 0 saturated carbocycles. The Labute approximate surface area is 159 Å². The van der Waals surface area contributed by atoms with Gasteiger partial charge in [-0.15, -0.1) is 0 Å². The van der Waals surface area contributed by atoms with Crippen LogP contribution < -0.4 is 0 Å². The maximum Gasteiger partial charge on any atom is 0.265 e. The Morgan fingerprint density at radius 3 is 2.00 bits per heavy atom. The van der Waals surface area contributed by atoms with Crippen LogP contribution in [0.25, 0.3) is 4.85 Å². The van der Waals surface area contributed by atoms with Crippen LogP contribution >= 0.6 is 0 Å². The third-order valence-electron chi connectivity index (χ3n) is 4.71. The van der Waals surface area contributed by atoms with Gasteiger partial charge in [0, 0.05) is 6.20 Å². The molecule has 1 atom stereocenters. The molecule has 0 aliphatic rings. The Bertz CT molecular complexity index is 703. The van der Waals surface area contributed by atoms with Crippen LogP contribution in [-0.2, 0) is 18.7 Å². The lowest BCUT2D eigenvalue weighted by atomic mass is 10.2. The molecule has 1 aromatic heterocycles. The van der Waals surface area contributed by atoms with Crippen molar-refractivity contribution in [3.05, 3.63) is 35.4 Å². The number of nitrogens with zero attached hydrogens (tertiary/aromatic N) is 2. The van der Waals surface area contributed by atoms with Crippen molar-refractivity contribution in [2.75, 3.05) is 12.9 Å². The standard InChI is InChI=1S/C18H30N2O4SSi/c1-13(2)26(14(3)4,15(5)6)23-12-18(24-25(8,21)22)17-10-9-16(19-7)11-20-17/h9-11,13-15,18H,12H2,1-6,8H3/t18-/m0/s1. The van der Waals surface area contributed by atoms with Gasteiger partial charge >= 0.3 is 0 Å². The van der Waals surface area contributed by atoms with Gasteiger partial charge in [-0.05, 0) is 22.7 Å². The molecule has 8 heteroatoms. The highest BCUT2D eigenvalue weighted by Gasteiger charge is 2.45. The molecule has 0 aliphatic carbocycles. The fourth-order valence-electron chi connectivity index (χ4n) is 3.75. The number of pyridine rings is 1. The lowest BCUT2D eigenvalue weighted by molar-refractivity contribution is 0.121. The second-order valence-electron chi connectivity index (χ2n) is 7.47. The molecule has 1 aromatic rings. The first-order valence-electron chi connectivity index (χ1n) is 8.79. The fourth-order valence-corrected chi connectivity index (χ4v) is 9.76. The van der Waals surface area contributed by atoms with E-state index >= 15 is 0 Å². The summed E-state index contributed by atoms with van der Waals surface area (Å²) in [7, 11) is -5.85. The molecule has 0 radical (unpaired) electrons. The van der Waals surface area contributed by atoms with E-state index < -0.39 is 24.5 Å². The lowest BCUT2D eigenvalue weighted by Crippen LogP contribution is -2.48. The van der Waals surface area contributed by atoms with Gasteiger partial charge in [0.2, 0.25) is 5.69 Å². The van der Waals surface area contributed by atoms with Crippen LogP contribution in [0.3, 0.4) is 0 Å². The zero-order valence-electron chi connectivity index (χ0n) is 16.7. The quantitative estimate of drug-likeness (QED) is 0.338. The van der Waals surface area contributed by atoms with E-state index in [1.807, 2.05) is 0 Å². The Balaban J connectivity index is 3.17. The van der Waals surface area contributed by atoms with E-state index in [0.717, 1.165) is 6.26 Å². The number of rotatable bonds is 9. The van der Waals surface area contributed by atoms with Gasteiger partial charge in [-0.2, -0.15) is 8.42 Å². The molecule has 0 aromatic carbocycles. The van der Waals surface area contributed by atoms with Crippen molar-refractivity contribution >= 4 is 24.1 Å². The predicted octanol–water partition coefficient (Wildman–Crippen LogP) is 4.84. The van der Waals surface area contributed by atoms with Gasteiger partial charge in [-0.1, -0.05) is 47.6 Å². The molecule has 0 amide bonds. The minimum atomic E-state index is -3.68. The topological polar surface area (TPSA) is 69.8 Å². The minimum absolute atomic E-state index is 0.123. The Hall–Kier alpha value is -1.27. The first-order chi connectivity index (χ1) is 11.9. The van der Waals surface area contributed by atoms with E-state index in [9.17, 15) is 8.42 Å². The van der Waals surface area contributed by atoms with Crippen LogP contribution in [0.5, 0.6) is 0 Å². The average molecular weight is 399 g/mol. The molecule has 0 aliphatic heterocycles. The highest BCUT2D eigenvalue weighted by atomic mass is 32.2. The van der Waals surface area contributed by atoms with Gasteiger partial charge in [0.25, 0.3) is 10.1 Å². The number of hydrogen-bond donors (Lipinski definition) is 0. The van der Waals surface area contributed by atoms with E-state index in [2.05, 4.69) is 51.4 Å². The molecule has 6 nitrogen and oxygen atoms in total. The van der Waals surface area contributed by atoms with Crippen LogP contribution in [0.4, 0.5) is 5.69 Å². The summed E-state index contributed by atoms with van der Waals surface area (Å²) in [6.07, 6.45) is 1.61. The Kier molecular flexibility index (Phi) is 7.96. The summed E-state index contributed by atoms with van der Waals surface area (Å²) in [4.78, 5) is 7.51. The molecule has 0 fully saturated rings. The van der Waals surface area contributed by atoms with Gasteiger partial charge in [-0.25, -0.2) is 4.85 Å². The van der Waals surface area contributed by atoms with Crippen LogP contribution in [0, 0.1) is 6.57 Å². The summed E-state index contributed by atoms with van der Waals surface area (Å²) in [5.74, 6) is 0. The van der Waals surface area contributed by atoms with Crippen molar-refractivity contribution in [1.82, 2.24) is 4.98 Å². The molecule has 146 valence electrons. The van der Waals surface area contributed by atoms with Crippen LogP contribution in [0.15, 0.2) is 18.3 Å². The maximum absolute atomic E-state index is 11.7. The van der Waals surface area contributed by atoms with Crippen LogP contribution in [0.1, 0.15) is 53.3 Å². The zero-order chi connectivity index (χ0) is 20.1. The highest BCUT2D eigenvalue weighted by Crippen LogP contribution is 2.43. The summed E-state index contributed by atoms with van der Waals surface area (Å²) < 4.78 is 35.2. The summed E-state index contributed by atoms with van der Waals surface area (Å²) in [5.41, 5.74) is 1.96. The van der Waals surface area contributed by atoms with Crippen molar-refractivity contribution in [1.29, 1.82) is 0 Å². The molecule has 0 saturated heterocycles. The van der Waals surface area contributed by atoms with E-state index in [0.29, 0.717) is 28.0 Å².